The van der Waals surface area contributed by atoms with Gasteiger partial charge in [-0.3, -0.25) is 4.90 Å². The van der Waals surface area contributed by atoms with Gasteiger partial charge in [-0.25, -0.2) is 14.4 Å². The van der Waals surface area contributed by atoms with Crippen molar-refractivity contribution < 1.29 is 9.13 Å². The second-order valence-corrected chi connectivity index (χ2v) is 6.26. The van der Waals surface area contributed by atoms with E-state index in [1.165, 1.54) is 6.07 Å². The van der Waals surface area contributed by atoms with E-state index in [2.05, 4.69) is 19.8 Å². The molecule has 0 N–H and O–H groups in total. The predicted molar refractivity (Wildman–Crippen MR) is 87.1 cm³/mol. The first-order valence-corrected chi connectivity index (χ1v) is 8.28. The van der Waals surface area contributed by atoms with Crippen LogP contribution in [0.5, 0.6) is 0 Å². The van der Waals surface area contributed by atoms with Gasteiger partial charge in [0.1, 0.15) is 18.0 Å². The molecule has 1 aromatic heterocycles. The third-order valence-corrected chi connectivity index (χ3v) is 4.80. The van der Waals surface area contributed by atoms with E-state index in [0.717, 1.165) is 69.0 Å². The zero-order valence-electron chi connectivity index (χ0n) is 13.1. The van der Waals surface area contributed by atoms with Crippen LogP contribution in [0.1, 0.15) is 12.8 Å². The van der Waals surface area contributed by atoms with E-state index in [4.69, 9.17) is 4.74 Å². The van der Waals surface area contributed by atoms with Crippen molar-refractivity contribution in [2.75, 3.05) is 44.3 Å². The van der Waals surface area contributed by atoms with Gasteiger partial charge >= 0.3 is 0 Å². The summed E-state index contributed by atoms with van der Waals surface area (Å²) in [5, 5.41) is 0.807. The molecule has 0 spiro atoms. The maximum atomic E-state index is 13.7. The maximum absolute atomic E-state index is 13.7. The van der Waals surface area contributed by atoms with Crippen LogP contribution in [0.2, 0.25) is 0 Å². The number of rotatable bonds is 3. The summed E-state index contributed by atoms with van der Waals surface area (Å²) in [6, 6.07) is 5.15. The lowest BCUT2D eigenvalue weighted by molar-refractivity contribution is 0.0355. The average Bonchev–Trinajstić information content (AvgIpc) is 3.03. The molecule has 2 aliphatic heterocycles. The van der Waals surface area contributed by atoms with Crippen LogP contribution in [0.15, 0.2) is 24.5 Å². The number of ether oxygens (including phenoxy) is 1. The molecule has 2 saturated heterocycles. The summed E-state index contributed by atoms with van der Waals surface area (Å²) < 4.78 is 19.1. The molecule has 0 unspecified atom stereocenters. The van der Waals surface area contributed by atoms with Gasteiger partial charge in [0.05, 0.1) is 18.7 Å². The van der Waals surface area contributed by atoms with Crippen molar-refractivity contribution in [3.05, 3.63) is 30.3 Å². The van der Waals surface area contributed by atoms with Crippen LogP contribution in [-0.4, -0.2) is 60.3 Å². The molecule has 5 nitrogen and oxygen atoms in total. The summed E-state index contributed by atoms with van der Waals surface area (Å²) >= 11 is 0. The molecule has 2 fully saturated rings. The smallest absolute Gasteiger partial charge is 0.140 e. The van der Waals surface area contributed by atoms with E-state index < -0.39 is 0 Å². The highest BCUT2D eigenvalue weighted by Crippen LogP contribution is 2.30. The number of anilines is 1. The minimum Gasteiger partial charge on any atom is -0.379 e. The molecule has 0 saturated carbocycles. The number of aromatic nitrogens is 2. The first-order valence-electron chi connectivity index (χ1n) is 8.28. The molecule has 2 aliphatic rings. The normalized spacial score (nSPS) is 22.8. The Morgan fingerprint density at radius 2 is 2.04 bits per heavy atom. The fourth-order valence-corrected chi connectivity index (χ4v) is 3.63. The fourth-order valence-electron chi connectivity index (χ4n) is 3.63. The SMILES string of the molecule is Fc1ccc2ncnc(N3CCC[C@H]3CN3CCOCC3)c2c1. The molecule has 6 heteroatoms. The Labute approximate surface area is 135 Å². The number of benzene rings is 1. The van der Waals surface area contributed by atoms with Gasteiger partial charge in [0.15, 0.2) is 0 Å². The van der Waals surface area contributed by atoms with E-state index in [-0.39, 0.29) is 5.82 Å². The highest BCUT2D eigenvalue weighted by molar-refractivity contribution is 5.89. The Balaban J connectivity index is 1.62. The molecule has 1 atom stereocenters. The Morgan fingerprint density at radius 1 is 1.17 bits per heavy atom. The van der Waals surface area contributed by atoms with Gasteiger partial charge in [-0.15, -0.1) is 0 Å². The van der Waals surface area contributed by atoms with E-state index in [0.29, 0.717) is 6.04 Å². The summed E-state index contributed by atoms with van der Waals surface area (Å²) in [7, 11) is 0. The molecule has 4 rings (SSSR count). The summed E-state index contributed by atoms with van der Waals surface area (Å²) in [4.78, 5) is 13.5. The number of nitrogens with zero attached hydrogens (tertiary/aromatic N) is 4. The molecule has 0 aliphatic carbocycles. The second kappa shape index (κ2) is 6.37. The number of morpholine rings is 1. The number of hydrogen-bond acceptors (Lipinski definition) is 5. The topological polar surface area (TPSA) is 41.5 Å². The van der Waals surface area contributed by atoms with Crippen LogP contribution in [0.3, 0.4) is 0 Å². The van der Waals surface area contributed by atoms with Crippen molar-refractivity contribution in [3.63, 3.8) is 0 Å². The van der Waals surface area contributed by atoms with E-state index in [1.54, 1.807) is 18.5 Å². The van der Waals surface area contributed by atoms with Crippen LogP contribution in [-0.2, 0) is 4.74 Å². The molecule has 122 valence electrons. The Hall–Kier alpha value is -1.79. The van der Waals surface area contributed by atoms with Crippen molar-refractivity contribution in [2.45, 2.75) is 18.9 Å². The zero-order valence-corrected chi connectivity index (χ0v) is 13.1. The van der Waals surface area contributed by atoms with E-state index in [1.807, 2.05) is 0 Å². The van der Waals surface area contributed by atoms with Crippen LogP contribution in [0, 0.1) is 5.82 Å². The predicted octanol–water partition coefficient (Wildman–Crippen LogP) is 2.07. The summed E-state index contributed by atoms with van der Waals surface area (Å²) in [6.45, 7) is 5.59. The van der Waals surface area contributed by atoms with Crippen LogP contribution in [0.4, 0.5) is 10.2 Å². The molecule has 0 bridgehead atoms. The lowest BCUT2D eigenvalue weighted by Crippen LogP contribution is -2.45. The average molecular weight is 316 g/mol. The highest BCUT2D eigenvalue weighted by atomic mass is 19.1. The first kappa shape index (κ1) is 14.8. The lowest BCUT2D eigenvalue weighted by atomic mass is 10.1. The van der Waals surface area contributed by atoms with Gasteiger partial charge in [0.25, 0.3) is 0 Å². The molecular weight excluding hydrogens is 295 g/mol. The van der Waals surface area contributed by atoms with Gasteiger partial charge in [-0.05, 0) is 31.0 Å². The van der Waals surface area contributed by atoms with Gasteiger partial charge in [0, 0.05) is 37.6 Å². The molecule has 0 amide bonds. The standard InChI is InChI=1S/C17H21FN4O/c18-13-3-4-16-15(10-13)17(20-12-19-16)22-5-1-2-14(22)11-21-6-8-23-9-7-21/h3-4,10,12,14H,1-2,5-9,11H2/t14-/m0/s1. The van der Waals surface area contributed by atoms with E-state index in [9.17, 15) is 4.39 Å². The van der Waals surface area contributed by atoms with Gasteiger partial charge in [-0.1, -0.05) is 0 Å². The van der Waals surface area contributed by atoms with E-state index >= 15 is 0 Å². The van der Waals surface area contributed by atoms with Crippen LogP contribution >= 0.6 is 0 Å². The van der Waals surface area contributed by atoms with Crippen molar-refractivity contribution in [1.29, 1.82) is 0 Å². The zero-order chi connectivity index (χ0) is 15.6. The summed E-state index contributed by atoms with van der Waals surface area (Å²) in [5.74, 6) is 0.628. The maximum Gasteiger partial charge on any atom is 0.140 e. The molecule has 0 radical (unpaired) electrons. The van der Waals surface area contributed by atoms with Gasteiger partial charge < -0.3 is 9.64 Å². The van der Waals surface area contributed by atoms with Crippen molar-refractivity contribution in [1.82, 2.24) is 14.9 Å². The first-order chi connectivity index (χ1) is 11.3. The highest BCUT2D eigenvalue weighted by Gasteiger charge is 2.29. The molecule has 2 aromatic rings. The second-order valence-electron chi connectivity index (χ2n) is 6.26. The summed E-state index contributed by atoms with van der Waals surface area (Å²) in [5.41, 5.74) is 0.799. The molecule has 1 aromatic carbocycles. The Morgan fingerprint density at radius 3 is 2.91 bits per heavy atom. The molecule has 3 heterocycles. The monoisotopic (exact) mass is 316 g/mol. The fraction of sp³-hybridized carbons (Fsp3) is 0.529. The Kier molecular flexibility index (Phi) is 4.10. The van der Waals surface area contributed by atoms with Gasteiger partial charge in [0.2, 0.25) is 0 Å². The molecular formula is C17H21FN4O. The number of halogens is 1. The van der Waals surface area contributed by atoms with Crippen LogP contribution in [0.25, 0.3) is 10.9 Å². The third kappa shape index (κ3) is 3.01. The van der Waals surface area contributed by atoms with Crippen molar-refractivity contribution in [2.24, 2.45) is 0 Å². The lowest BCUT2D eigenvalue weighted by Gasteiger charge is -2.33. The Bertz CT molecular complexity index is 689. The summed E-state index contributed by atoms with van der Waals surface area (Å²) in [6.07, 6.45) is 3.88. The minimum absolute atomic E-state index is 0.238. The van der Waals surface area contributed by atoms with Gasteiger partial charge in [-0.2, -0.15) is 0 Å². The molecule has 23 heavy (non-hydrogen) atoms. The van der Waals surface area contributed by atoms with Crippen molar-refractivity contribution >= 4 is 16.7 Å². The van der Waals surface area contributed by atoms with Crippen molar-refractivity contribution in [3.8, 4) is 0 Å². The minimum atomic E-state index is -0.238. The largest absolute Gasteiger partial charge is 0.379 e. The third-order valence-electron chi connectivity index (χ3n) is 4.80. The number of fused-ring (bicyclic) bond motifs is 1. The van der Waals surface area contributed by atoms with Crippen LogP contribution < -0.4 is 4.90 Å². The quantitative estimate of drug-likeness (QED) is 0.867. The number of hydrogen-bond donors (Lipinski definition) is 0.